The summed E-state index contributed by atoms with van der Waals surface area (Å²) in [6.07, 6.45) is 4.14. The van der Waals surface area contributed by atoms with Gasteiger partial charge < -0.3 is 10.2 Å². The number of nitrogens with zero attached hydrogens (tertiary/aromatic N) is 4. The van der Waals surface area contributed by atoms with Gasteiger partial charge in [0.25, 0.3) is 0 Å². The van der Waals surface area contributed by atoms with Crippen LogP contribution in [0.1, 0.15) is 24.8 Å². The zero-order chi connectivity index (χ0) is 20.7. The number of amides is 1. The van der Waals surface area contributed by atoms with Gasteiger partial charge in [0, 0.05) is 23.6 Å². The van der Waals surface area contributed by atoms with Crippen molar-refractivity contribution >= 4 is 17.5 Å². The van der Waals surface area contributed by atoms with Gasteiger partial charge in [-0.25, -0.2) is 4.52 Å². The maximum atomic E-state index is 12.0. The zero-order valence-electron chi connectivity index (χ0n) is 17.5. The Balaban J connectivity index is 1.36. The quantitative estimate of drug-likeness (QED) is 0.661. The van der Waals surface area contributed by atoms with Crippen LogP contribution in [-0.2, 0) is 11.2 Å². The number of aromatic nitrogens is 3. The molecule has 2 aliphatic rings. The average Bonchev–Trinajstić information content (AvgIpc) is 3.35. The van der Waals surface area contributed by atoms with Gasteiger partial charge in [-0.2, -0.15) is 4.98 Å². The molecule has 5 rings (SSSR count). The lowest BCUT2D eigenvalue weighted by atomic mass is 9.98. The molecule has 2 N–H and O–H groups in total. The van der Waals surface area contributed by atoms with Gasteiger partial charge in [0.2, 0.25) is 11.9 Å². The highest BCUT2D eigenvalue weighted by molar-refractivity contribution is 5.92. The molecule has 2 aromatic heterocycles. The van der Waals surface area contributed by atoms with Gasteiger partial charge in [-0.05, 0) is 64.0 Å². The summed E-state index contributed by atoms with van der Waals surface area (Å²) in [5.41, 5.74) is 4.10. The number of carbonyl (C=O) groups is 1. The molecule has 2 unspecified atom stereocenters. The number of anilines is 1. The fourth-order valence-corrected chi connectivity index (χ4v) is 4.38. The Kier molecular flexibility index (Phi) is 5.00. The number of fused-ring (bicyclic) bond motifs is 1. The van der Waals surface area contributed by atoms with Gasteiger partial charge in [-0.3, -0.25) is 10.1 Å². The molecule has 0 radical (unpaired) electrons. The molecule has 1 aliphatic heterocycles. The van der Waals surface area contributed by atoms with E-state index in [0.29, 0.717) is 18.0 Å². The fourth-order valence-electron chi connectivity index (χ4n) is 4.38. The Morgan fingerprint density at radius 2 is 1.97 bits per heavy atom. The van der Waals surface area contributed by atoms with Crippen molar-refractivity contribution in [2.75, 3.05) is 26.0 Å². The van der Waals surface area contributed by atoms with E-state index in [1.807, 2.05) is 18.2 Å². The summed E-state index contributed by atoms with van der Waals surface area (Å²) in [5, 5.41) is 11.0. The molecule has 30 heavy (non-hydrogen) atoms. The first-order valence-electron chi connectivity index (χ1n) is 10.7. The molecule has 1 aliphatic carbocycles. The molecule has 3 heterocycles. The number of benzene rings is 1. The largest absolute Gasteiger partial charge is 0.312 e. The first kappa shape index (κ1) is 19.2. The minimum atomic E-state index is 0.0216. The average molecular weight is 405 g/mol. The van der Waals surface area contributed by atoms with Crippen LogP contribution in [-0.4, -0.2) is 58.1 Å². The van der Waals surface area contributed by atoms with Gasteiger partial charge >= 0.3 is 0 Å². The van der Waals surface area contributed by atoms with E-state index in [4.69, 9.17) is 0 Å². The van der Waals surface area contributed by atoms with E-state index in [2.05, 4.69) is 64.0 Å². The van der Waals surface area contributed by atoms with Gasteiger partial charge in [-0.15, -0.1) is 5.10 Å². The minimum absolute atomic E-state index is 0.0216. The standard InChI is InChI=1S/C23H28N6O/c1-28(2)20-12-13-24-18(20)14-15-6-8-16(9-7-15)19-4-3-5-21-25-23(27-29(19)21)26-22(30)17-10-11-17/h3-9,17-18,20,24H,10-14H2,1-2H3,(H,26,27,30). The summed E-state index contributed by atoms with van der Waals surface area (Å²) in [6.45, 7) is 1.08. The van der Waals surface area contributed by atoms with Crippen LogP contribution in [0.2, 0.25) is 0 Å². The highest BCUT2D eigenvalue weighted by atomic mass is 16.2. The van der Waals surface area contributed by atoms with Crippen molar-refractivity contribution in [2.24, 2.45) is 5.92 Å². The third kappa shape index (κ3) is 3.82. The van der Waals surface area contributed by atoms with Gasteiger partial charge in [0.05, 0.1) is 5.69 Å². The van der Waals surface area contributed by atoms with Crippen LogP contribution in [0.5, 0.6) is 0 Å². The normalized spacial score (nSPS) is 21.4. The number of rotatable bonds is 6. The number of carbonyl (C=O) groups excluding carboxylic acids is 1. The smallest absolute Gasteiger partial charge is 0.249 e. The maximum Gasteiger partial charge on any atom is 0.249 e. The predicted octanol–water partition coefficient (Wildman–Crippen LogP) is 2.58. The topological polar surface area (TPSA) is 74.6 Å². The number of likely N-dealkylation sites (N-methyl/N-ethyl adjacent to an activating group) is 1. The summed E-state index contributed by atoms with van der Waals surface area (Å²) < 4.78 is 1.80. The van der Waals surface area contributed by atoms with Crippen LogP contribution in [0.3, 0.4) is 0 Å². The van der Waals surface area contributed by atoms with Crippen molar-refractivity contribution in [1.29, 1.82) is 0 Å². The lowest BCUT2D eigenvalue weighted by Crippen LogP contribution is -2.41. The highest BCUT2D eigenvalue weighted by Gasteiger charge is 2.30. The molecule has 7 heteroatoms. The SMILES string of the molecule is CN(C)C1CCNC1Cc1ccc(-c2cccc3nc(NC(=O)C4CC4)nn23)cc1. The second kappa shape index (κ2) is 7.81. The summed E-state index contributed by atoms with van der Waals surface area (Å²) in [5.74, 6) is 0.524. The third-order valence-corrected chi connectivity index (χ3v) is 6.22. The number of nitrogens with one attached hydrogen (secondary N) is 2. The van der Waals surface area contributed by atoms with Crippen LogP contribution < -0.4 is 10.6 Å². The van der Waals surface area contributed by atoms with Crippen molar-refractivity contribution in [3.63, 3.8) is 0 Å². The molecule has 0 spiro atoms. The van der Waals surface area contributed by atoms with Crippen LogP contribution >= 0.6 is 0 Å². The van der Waals surface area contributed by atoms with Crippen molar-refractivity contribution < 1.29 is 4.79 Å². The van der Waals surface area contributed by atoms with E-state index in [-0.39, 0.29) is 11.8 Å². The molecule has 1 saturated heterocycles. The zero-order valence-corrected chi connectivity index (χ0v) is 17.5. The van der Waals surface area contributed by atoms with Crippen molar-refractivity contribution in [2.45, 2.75) is 37.8 Å². The number of hydrogen-bond donors (Lipinski definition) is 2. The molecule has 2 atom stereocenters. The summed E-state index contributed by atoms with van der Waals surface area (Å²) in [7, 11) is 4.32. The molecular weight excluding hydrogens is 376 g/mol. The number of hydrogen-bond acceptors (Lipinski definition) is 5. The summed E-state index contributed by atoms with van der Waals surface area (Å²) in [4.78, 5) is 18.8. The Labute approximate surface area is 176 Å². The van der Waals surface area contributed by atoms with Crippen LogP contribution in [0.15, 0.2) is 42.5 Å². The van der Waals surface area contributed by atoms with Crippen LogP contribution in [0.4, 0.5) is 5.95 Å². The molecular formula is C23H28N6O. The van der Waals surface area contributed by atoms with Crippen LogP contribution in [0.25, 0.3) is 16.9 Å². The Hall–Kier alpha value is -2.77. The monoisotopic (exact) mass is 404 g/mol. The van der Waals surface area contributed by atoms with Crippen molar-refractivity contribution in [1.82, 2.24) is 24.8 Å². The van der Waals surface area contributed by atoms with Gasteiger partial charge in [0.1, 0.15) is 0 Å². The van der Waals surface area contributed by atoms with E-state index < -0.39 is 0 Å². The highest BCUT2D eigenvalue weighted by Crippen LogP contribution is 2.30. The fraction of sp³-hybridized carbons (Fsp3) is 0.435. The van der Waals surface area contributed by atoms with Crippen molar-refractivity contribution in [3.8, 4) is 11.3 Å². The van der Waals surface area contributed by atoms with Crippen molar-refractivity contribution in [3.05, 3.63) is 48.0 Å². The molecule has 3 aromatic rings. The summed E-state index contributed by atoms with van der Waals surface area (Å²) in [6, 6.07) is 15.7. The maximum absolute atomic E-state index is 12.0. The molecule has 0 bridgehead atoms. The second-order valence-corrected chi connectivity index (χ2v) is 8.66. The molecule has 7 nitrogen and oxygen atoms in total. The Morgan fingerprint density at radius 3 is 2.70 bits per heavy atom. The number of pyridine rings is 1. The first-order chi connectivity index (χ1) is 14.6. The molecule has 1 aromatic carbocycles. The van der Waals surface area contributed by atoms with Gasteiger partial charge in [-0.1, -0.05) is 30.3 Å². The molecule has 1 saturated carbocycles. The van der Waals surface area contributed by atoms with E-state index in [1.165, 1.54) is 12.0 Å². The second-order valence-electron chi connectivity index (χ2n) is 8.66. The van der Waals surface area contributed by atoms with Crippen LogP contribution in [0, 0.1) is 5.92 Å². The Bertz CT molecular complexity index is 1050. The lowest BCUT2D eigenvalue weighted by molar-refractivity contribution is -0.117. The van der Waals surface area contributed by atoms with E-state index in [9.17, 15) is 4.79 Å². The molecule has 2 fully saturated rings. The lowest BCUT2D eigenvalue weighted by Gasteiger charge is -2.26. The third-order valence-electron chi connectivity index (χ3n) is 6.22. The predicted molar refractivity (Wildman–Crippen MR) is 117 cm³/mol. The molecule has 1 amide bonds. The first-order valence-corrected chi connectivity index (χ1v) is 10.7. The molecule has 156 valence electrons. The van der Waals surface area contributed by atoms with Gasteiger partial charge in [0.15, 0.2) is 5.65 Å². The van der Waals surface area contributed by atoms with E-state index in [0.717, 1.165) is 42.7 Å². The summed E-state index contributed by atoms with van der Waals surface area (Å²) >= 11 is 0. The van der Waals surface area contributed by atoms with E-state index >= 15 is 0 Å². The Morgan fingerprint density at radius 1 is 1.17 bits per heavy atom. The minimum Gasteiger partial charge on any atom is -0.312 e. The van der Waals surface area contributed by atoms with E-state index in [1.54, 1.807) is 4.52 Å².